The first-order chi connectivity index (χ1) is 6.04. The molecule has 3 heteroatoms. The minimum Gasteiger partial charge on any atom is -0.319 e. The fraction of sp³-hybridized carbons (Fsp3) is 0.400. The average molecular weight is 185 g/mol. The number of aryl methyl sites for hydroxylation is 2. The number of hydrogen-bond acceptors (Lipinski definition) is 1. The van der Waals surface area contributed by atoms with Gasteiger partial charge in [-0.3, -0.25) is 0 Å². The first-order valence-corrected chi connectivity index (χ1v) is 4.14. The molecule has 0 radical (unpaired) electrons. The van der Waals surface area contributed by atoms with Gasteiger partial charge in [-0.25, -0.2) is 8.78 Å². The van der Waals surface area contributed by atoms with Crippen molar-refractivity contribution in [1.29, 1.82) is 0 Å². The summed E-state index contributed by atoms with van der Waals surface area (Å²) in [5, 5.41) is 0. The molecule has 0 spiro atoms. The van der Waals surface area contributed by atoms with Crippen molar-refractivity contribution in [3.05, 3.63) is 34.9 Å². The molecule has 0 aromatic heterocycles. The molecule has 1 atom stereocenters. The lowest BCUT2D eigenvalue weighted by molar-refractivity contribution is 0.116. The predicted octanol–water partition coefficient (Wildman–Crippen LogP) is 2.57. The summed E-state index contributed by atoms with van der Waals surface area (Å²) in [7, 11) is 0. The Labute approximate surface area is 76.6 Å². The van der Waals surface area contributed by atoms with Crippen molar-refractivity contribution in [2.45, 2.75) is 26.3 Å². The van der Waals surface area contributed by atoms with Crippen LogP contribution >= 0.6 is 0 Å². The molecule has 0 bridgehead atoms. The number of rotatable bonds is 2. The Kier molecular flexibility index (Phi) is 2.98. The van der Waals surface area contributed by atoms with E-state index in [0.717, 1.165) is 11.1 Å². The Bertz CT molecular complexity index is 277. The lowest BCUT2D eigenvalue weighted by Gasteiger charge is -2.16. The molecular weight excluding hydrogens is 172 g/mol. The van der Waals surface area contributed by atoms with Gasteiger partial charge in [-0.2, -0.15) is 0 Å². The second kappa shape index (κ2) is 3.83. The van der Waals surface area contributed by atoms with Gasteiger partial charge >= 0.3 is 0 Å². The highest BCUT2D eigenvalue weighted by atomic mass is 19.3. The van der Waals surface area contributed by atoms with Gasteiger partial charge in [0.05, 0.1) is 6.04 Å². The third-order valence-electron chi connectivity index (χ3n) is 2.15. The van der Waals surface area contributed by atoms with Crippen LogP contribution in [0.5, 0.6) is 0 Å². The van der Waals surface area contributed by atoms with Crippen LogP contribution in [0.3, 0.4) is 0 Å². The molecule has 0 amide bonds. The van der Waals surface area contributed by atoms with Gasteiger partial charge < -0.3 is 5.73 Å². The number of nitrogens with two attached hydrogens (primary N) is 1. The van der Waals surface area contributed by atoms with E-state index in [1.807, 2.05) is 6.07 Å². The van der Waals surface area contributed by atoms with Gasteiger partial charge in [0, 0.05) is 0 Å². The van der Waals surface area contributed by atoms with Gasteiger partial charge in [0.15, 0.2) is 0 Å². The molecule has 1 aromatic carbocycles. The van der Waals surface area contributed by atoms with Crippen molar-refractivity contribution < 1.29 is 8.78 Å². The lowest BCUT2D eigenvalue weighted by Crippen LogP contribution is -2.21. The van der Waals surface area contributed by atoms with Crippen LogP contribution in [0.4, 0.5) is 8.78 Å². The van der Waals surface area contributed by atoms with E-state index >= 15 is 0 Å². The van der Waals surface area contributed by atoms with Crippen LogP contribution in [-0.4, -0.2) is 6.43 Å². The molecule has 0 fully saturated rings. The first-order valence-electron chi connectivity index (χ1n) is 4.14. The van der Waals surface area contributed by atoms with Crippen molar-refractivity contribution >= 4 is 0 Å². The molecule has 0 saturated carbocycles. The van der Waals surface area contributed by atoms with Crippen LogP contribution in [-0.2, 0) is 0 Å². The highest BCUT2D eigenvalue weighted by Crippen LogP contribution is 2.24. The van der Waals surface area contributed by atoms with Crippen LogP contribution in [0.25, 0.3) is 0 Å². The number of benzene rings is 1. The van der Waals surface area contributed by atoms with Crippen LogP contribution in [0.15, 0.2) is 18.2 Å². The van der Waals surface area contributed by atoms with Crippen LogP contribution in [0, 0.1) is 13.8 Å². The molecule has 1 rings (SSSR count). The van der Waals surface area contributed by atoms with Gasteiger partial charge in [0.25, 0.3) is 6.43 Å². The maximum absolute atomic E-state index is 12.3. The molecule has 13 heavy (non-hydrogen) atoms. The summed E-state index contributed by atoms with van der Waals surface area (Å²) < 4.78 is 24.7. The predicted molar refractivity (Wildman–Crippen MR) is 48.8 cm³/mol. The number of alkyl halides is 2. The normalized spacial score (nSPS) is 13.4. The molecular formula is C10H13F2N. The fourth-order valence-corrected chi connectivity index (χ4v) is 1.48. The lowest BCUT2D eigenvalue weighted by atomic mass is 9.97. The van der Waals surface area contributed by atoms with E-state index in [-0.39, 0.29) is 0 Å². The second-order valence-electron chi connectivity index (χ2n) is 3.17. The largest absolute Gasteiger partial charge is 0.319 e. The molecule has 1 aromatic rings. The van der Waals surface area contributed by atoms with Crippen LogP contribution < -0.4 is 5.73 Å². The standard InChI is InChI=1S/C10H13F2N/c1-6-4-3-5-7(2)8(6)9(13)10(11)12/h3-5,9-10H,13H2,1-2H3/t9-/m0/s1. The van der Waals surface area contributed by atoms with Gasteiger partial charge in [-0.1, -0.05) is 18.2 Å². The average Bonchev–Trinajstić information content (AvgIpc) is 2.03. The molecule has 1 nitrogen and oxygen atoms in total. The maximum Gasteiger partial charge on any atom is 0.257 e. The Hall–Kier alpha value is -0.960. The quantitative estimate of drug-likeness (QED) is 0.752. The smallest absolute Gasteiger partial charge is 0.257 e. The molecule has 72 valence electrons. The molecule has 2 N–H and O–H groups in total. The minimum absolute atomic E-state index is 0.567. The van der Waals surface area contributed by atoms with Crippen molar-refractivity contribution in [2.75, 3.05) is 0 Å². The summed E-state index contributed by atoms with van der Waals surface area (Å²) in [6.07, 6.45) is -2.50. The molecule has 0 aliphatic heterocycles. The van der Waals surface area contributed by atoms with E-state index in [4.69, 9.17) is 5.73 Å². The summed E-state index contributed by atoms with van der Waals surface area (Å²) >= 11 is 0. The van der Waals surface area contributed by atoms with Crippen LogP contribution in [0.2, 0.25) is 0 Å². The molecule has 0 unspecified atom stereocenters. The molecule has 0 heterocycles. The van der Waals surface area contributed by atoms with Crippen LogP contribution in [0.1, 0.15) is 22.7 Å². The van der Waals surface area contributed by atoms with Gasteiger partial charge in [-0.15, -0.1) is 0 Å². The zero-order valence-corrected chi connectivity index (χ0v) is 7.72. The van der Waals surface area contributed by atoms with Crippen molar-refractivity contribution in [2.24, 2.45) is 5.73 Å². The van der Waals surface area contributed by atoms with E-state index in [1.54, 1.807) is 26.0 Å². The Morgan fingerprint density at radius 1 is 1.15 bits per heavy atom. The zero-order chi connectivity index (χ0) is 10.0. The highest BCUT2D eigenvalue weighted by Gasteiger charge is 2.20. The molecule has 0 aliphatic carbocycles. The van der Waals surface area contributed by atoms with Gasteiger partial charge in [0.1, 0.15) is 0 Å². The monoisotopic (exact) mass is 185 g/mol. The van der Waals surface area contributed by atoms with Gasteiger partial charge in [0.2, 0.25) is 0 Å². The summed E-state index contributed by atoms with van der Waals surface area (Å²) in [6, 6.07) is 4.27. The summed E-state index contributed by atoms with van der Waals surface area (Å²) in [6.45, 7) is 3.59. The Morgan fingerprint density at radius 3 is 2.00 bits per heavy atom. The number of hydrogen-bond donors (Lipinski definition) is 1. The maximum atomic E-state index is 12.3. The van der Waals surface area contributed by atoms with Crippen molar-refractivity contribution in [3.8, 4) is 0 Å². The first kappa shape index (κ1) is 10.1. The van der Waals surface area contributed by atoms with E-state index in [1.165, 1.54) is 0 Å². The summed E-state index contributed by atoms with van der Waals surface area (Å²) in [5.74, 6) is 0. The fourth-order valence-electron chi connectivity index (χ4n) is 1.48. The Balaban J connectivity index is 3.12. The van der Waals surface area contributed by atoms with Crippen molar-refractivity contribution in [1.82, 2.24) is 0 Å². The second-order valence-corrected chi connectivity index (χ2v) is 3.17. The van der Waals surface area contributed by atoms with E-state index in [9.17, 15) is 8.78 Å². The highest BCUT2D eigenvalue weighted by molar-refractivity contribution is 5.36. The topological polar surface area (TPSA) is 26.0 Å². The van der Waals surface area contributed by atoms with E-state index in [2.05, 4.69) is 0 Å². The zero-order valence-electron chi connectivity index (χ0n) is 7.72. The SMILES string of the molecule is Cc1cccc(C)c1[C@H](N)C(F)F. The minimum atomic E-state index is -2.50. The molecule has 0 saturated heterocycles. The third kappa shape index (κ3) is 2.04. The summed E-state index contributed by atoms with van der Waals surface area (Å²) in [4.78, 5) is 0. The molecule has 0 aliphatic rings. The van der Waals surface area contributed by atoms with Crippen molar-refractivity contribution in [3.63, 3.8) is 0 Å². The number of halogens is 2. The summed E-state index contributed by atoms with van der Waals surface area (Å²) in [5.41, 5.74) is 7.61. The van der Waals surface area contributed by atoms with E-state index in [0.29, 0.717) is 5.56 Å². The van der Waals surface area contributed by atoms with E-state index < -0.39 is 12.5 Å². The Morgan fingerprint density at radius 2 is 1.62 bits per heavy atom. The third-order valence-corrected chi connectivity index (χ3v) is 2.15. The van der Waals surface area contributed by atoms with Gasteiger partial charge in [-0.05, 0) is 30.5 Å².